The summed E-state index contributed by atoms with van der Waals surface area (Å²) in [5.74, 6) is 0. The molecule has 0 saturated carbocycles. The Morgan fingerprint density at radius 3 is 1.79 bits per heavy atom. The van der Waals surface area contributed by atoms with Crippen molar-refractivity contribution in [2.45, 2.75) is 20.0 Å². The Bertz CT molecular complexity index is 1050. The van der Waals surface area contributed by atoms with Crippen LogP contribution in [-0.4, -0.2) is 29.2 Å². The van der Waals surface area contributed by atoms with Gasteiger partial charge in [-0.25, -0.2) is 0 Å². The van der Waals surface area contributed by atoms with E-state index in [4.69, 9.17) is 0 Å². The third kappa shape index (κ3) is 2.66. The molecule has 0 spiro atoms. The first-order valence-corrected chi connectivity index (χ1v) is 13.3. The van der Waals surface area contributed by atoms with Crippen LogP contribution in [-0.2, 0) is 0 Å². The molecule has 4 rings (SSSR count). The Morgan fingerprint density at radius 2 is 1.21 bits per heavy atom. The summed E-state index contributed by atoms with van der Waals surface area (Å²) in [5.41, 5.74) is 5.05. The number of nitrogens with zero attached hydrogens (tertiary/aromatic N) is 2. The minimum atomic E-state index is -3.07. The van der Waals surface area contributed by atoms with E-state index < -0.39 is 7.67 Å². The molecule has 0 bridgehead atoms. The van der Waals surface area contributed by atoms with Gasteiger partial charge in [-0.05, 0) is 0 Å². The summed E-state index contributed by atoms with van der Waals surface area (Å²) < 4.78 is 5.16. The summed E-state index contributed by atoms with van der Waals surface area (Å²) >= 11 is 0. The Kier molecular flexibility index (Phi) is 4.35. The molecule has 0 atom stereocenters. The number of hydrogen-bond acceptors (Lipinski definition) is 1. The van der Waals surface area contributed by atoms with Crippen molar-refractivity contribution in [3.8, 4) is 0 Å². The molecule has 28 heavy (non-hydrogen) atoms. The van der Waals surface area contributed by atoms with Gasteiger partial charge in [0.2, 0.25) is 0 Å². The summed E-state index contributed by atoms with van der Waals surface area (Å²) in [6.07, 6.45) is 2.33. The predicted molar refractivity (Wildman–Crippen MR) is 122 cm³/mol. The van der Waals surface area contributed by atoms with Crippen LogP contribution < -0.4 is 5.19 Å². The fourth-order valence-corrected chi connectivity index (χ4v) is 9.57. The second kappa shape index (κ2) is 6.61. The Hall–Kier alpha value is -2.91. The molecule has 0 saturated heterocycles. The molecule has 0 radical (unpaired) electrons. The molecule has 1 aliphatic heterocycles. The van der Waals surface area contributed by atoms with E-state index in [1.54, 1.807) is 0 Å². The Labute approximate surface area is 168 Å². The second-order valence-electron chi connectivity index (χ2n) is 8.35. The first-order chi connectivity index (χ1) is 13.4. The zero-order valence-electron chi connectivity index (χ0n) is 17.1. The van der Waals surface area contributed by atoms with E-state index in [9.17, 15) is 0 Å². The van der Waals surface area contributed by atoms with Gasteiger partial charge in [0.15, 0.2) is 0 Å². The molecule has 1 aliphatic rings. The Morgan fingerprint density at radius 1 is 0.714 bits per heavy atom. The maximum absolute atomic E-state index is 3.07. The van der Waals surface area contributed by atoms with Gasteiger partial charge < -0.3 is 0 Å². The van der Waals surface area contributed by atoms with E-state index in [1.165, 1.54) is 27.8 Å². The average Bonchev–Trinajstić information content (AvgIpc) is 2.74. The molecule has 3 aromatic rings. The van der Waals surface area contributed by atoms with E-state index >= 15 is 0 Å². The molecule has 0 amide bonds. The maximum atomic E-state index is 2.62. The number of allylic oxidation sites excluding steroid dienone is 2. The van der Waals surface area contributed by atoms with Gasteiger partial charge in [-0.15, -0.1) is 0 Å². The van der Waals surface area contributed by atoms with Crippen molar-refractivity contribution >= 4 is 24.3 Å². The monoisotopic (exact) mass is 384 g/mol. The summed E-state index contributed by atoms with van der Waals surface area (Å²) in [4.78, 5) is 0. The van der Waals surface area contributed by atoms with Crippen molar-refractivity contribution in [3.63, 3.8) is 0 Å². The molecule has 0 N–H and O–H groups in total. The minimum absolute atomic E-state index is 1.24. The molecule has 1 heterocycles. The summed E-state index contributed by atoms with van der Waals surface area (Å²) in [6, 6.07) is 32.6. The van der Waals surface area contributed by atoms with E-state index in [1.807, 2.05) is 0 Å². The summed E-state index contributed by atoms with van der Waals surface area (Å²) in [7, 11) is -0.814. The molecule has 0 aliphatic carbocycles. The van der Waals surface area contributed by atoms with E-state index in [0.717, 1.165) is 0 Å². The normalized spacial score (nSPS) is 19.5. The van der Waals surface area contributed by atoms with Crippen LogP contribution in [0.2, 0.25) is 13.1 Å². The fourth-order valence-electron chi connectivity index (χ4n) is 4.55. The van der Waals surface area contributed by atoms with Crippen LogP contribution in [0.4, 0.5) is 5.69 Å². The number of benzene rings is 3. The quantitative estimate of drug-likeness (QED) is 0.560. The number of para-hydroxylation sites is 1. The van der Waals surface area contributed by atoms with Crippen LogP contribution >= 0.6 is 0 Å². The van der Waals surface area contributed by atoms with E-state index in [-0.39, 0.29) is 0 Å². The summed E-state index contributed by atoms with van der Waals surface area (Å²) in [6.45, 7) is 7.18. The second-order valence-corrected chi connectivity index (χ2v) is 14.5. The number of hydrogen-bond donors (Lipinski definition) is 0. The third-order valence-corrected chi connectivity index (χ3v) is 12.6. The molecule has 0 fully saturated rings. The van der Waals surface area contributed by atoms with Gasteiger partial charge in [-0.1, -0.05) is 0 Å². The molecule has 0 unspecified atom stereocenters. The van der Waals surface area contributed by atoms with Gasteiger partial charge in [0.05, 0.1) is 0 Å². The van der Waals surface area contributed by atoms with Crippen molar-refractivity contribution in [1.29, 1.82) is 0 Å². The van der Waals surface area contributed by atoms with Crippen LogP contribution in [0.15, 0.2) is 103 Å². The average molecular weight is 385 g/mol. The third-order valence-electron chi connectivity index (χ3n) is 6.46. The van der Waals surface area contributed by atoms with Crippen molar-refractivity contribution in [3.05, 3.63) is 108 Å². The molecule has 142 valence electrons. The van der Waals surface area contributed by atoms with Gasteiger partial charge in [0.25, 0.3) is 0 Å². The SMILES string of the molecule is CC1=CC(c2ccccc2)=[N+](c2ccccc2)[Si-](C)(C)(c2ccccc2)N1C. The van der Waals surface area contributed by atoms with E-state index in [2.05, 4.69) is 133 Å². The molecule has 3 heteroatoms. The van der Waals surface area contributed by atoms with Crippen LogP contribution in [0.1, 0.15) is 12.5 Å². The Balaban J connectivity index is 2.16. The zero-order chi connectivity index (χ0) is 19.8. The molecular weight excluding hydrogens is 356 g/mol. The van der Waals surface area contributed by atoms with Crippen LogP contribution in [0.3, 0.4) is 0 Å². The van der Waals surface area contributed by atoms with Crippen molar-refractivity contribution in [2.75, 3.05) is 7.05 Å². The van der Waals surface area contributed by atoms with Crippen molar-refractivity contribution in [2.24, 2.45) is 0 Å². The van der Waals surface area contributed by atoms with Gasteiger partial charge in [0.1, 0.15) is 0 Å². The zero-order valence-corrected chi connectivity index (χ0v) is 18.1. The topological polar surface area (TPSA) is 6.25 Å². The first kappa shape index (κ1) is 18.5. The molecular formula is C25H28N2Si. The fraction of sp³-hybridized carbons (Fsp3) is 0.160. The summed E-state index contributed by atoms with van der Waals surface area (Å²) in [5, 5.41) is 1.40. The standard InChI is InChI=1S/C25H28N2Si/c1-21-20-25(22-14-8-5-9-15-22)27(23-16-10-6-11-17-23)28(3,4,26(21)2)24-18-12-7-13-19-24/h5-20H,1-4H3. The van der Waals surface area contributed by atoms with Gasteiger partial charge >= 0.3 is 168 Å². The van der Waals surface area contributed by atoms with Crippen LogP contribution in [0.25, 0.3) is 0 Å². The molecule has 0 aromatic heterocycles. The van der Waals surface area contributed by atoms with E-state index in [0.29, 0.717) is 0 Å². The van der Waals surface area contributed by atoms with Crippen LogP contribution in [0.5, 0.6) is 0 Å². The molecule has 3 aromatic carbocycles. The van der Waals surface area contributed by atoms with Gasteiger partial charge in [0, 0.05) is 0 Å². The van der Waals surface area contributed by atoms with Crippen molar-refractivity contribution in [1.82, 2.24) is 4.57 Å². The van der Waals surface area contributed by atoms with Crippen molar-refractivity contribution < 1.29 is 4.24 Å². The van der Waals surface area contributed by atoms with Gasteiger partial charge in [-0.2, -0.15) is 0 Å². The molecule has 2 nitrogen and oxygen atoms in total. The number of rotatable bonds is 3. The van der Waals surface area contributed by atoms with Gasteiger partial charge in [-0.3, -0.25) is 0 Å². The first-order valence-electron chi connectivity index (χ1n) is 9.87. The van der Waals surface area contributed by atoms with Crippen LogP contribution in [0, 0.1) is 0 Å². The predicted octanol–water partition coefficient (Wildman–Crippen LogP) is 5.23.